The fourth-order valence-electron chi connectivity index (χ4n) is 6.53. The number of H-pyrrole nitrogens is 1. The Bertz CT molecular complexity index is 1920. The van der Waals surface area contributed by atoms with E-state index < -0.39 is 10.2 Å². The van der Waals surface area contributed by atoms with Gasteiger partial charge < -0.3 is 10.2 Å². The number of ketones is 1. The summed E-state index contributed by atoms with van der Waals surface area (Å²) in [7, 11) is 0. The summed E-state index contributed by atoms with van der Waals surface area (Å²) in [5, 5.41) is 11.3. The van der Waals surface area contributed by atoms with Crippen LogP contribution in [0.15, 0.2) is 79.3 Å². The summed E-state index contributed by atoms with van der Waals surface area (Å²) in [5.41, 5.74) is 2.94. The van der Waals surface area contributed by atoms with Crippen molar-refractivity contribution in [1.82, 2.24) is 30.0 Å². The van der Waals surface area contributed by atoms with E-state index in [4.69, 9.17) is 11.6 Å². The second-order valence-electron chi connectivity index (χ2n) is 12.2. The number of Topliss-reactive ketones (excluding diaryl/α,β-unsaturated/α-hetero) is 1. The van der Waals surface area contributed by atoms with Gasteiger partial charge in [0.25, 0.3) is 0 Å². The van der Waals surface area contributed by atoms with E-state index in [2.05, 4.69) is 35.4 Å². The zero-order valence-corrected chi connectivity index (χ0v) is 27.8. The maximum atomic E-state index is 13.8. The predicted octanol–water partition coefficient (Wildman–Crippen LogP) is 6.02. The molecule has 0 bridgehead atoms. The molecule has 13 heteroatoms. The van der Waals surface area contributed by atoms with Crippen LogP contribution in [0.5, 0.6) is 0 Å². The van der Waals surface area contributed by atoms with Gasteiger partial charge in [0.15, 0.2) is 11.6 Å². The molecule has 0 aliphatic carbocycles. The van der Waals surface area contributed by atoms with Gasteiger partial charge in [-0.1, -0.05) is 11.6 Å². The van der Waals surface area contributed by atoms with E-state index >= 15 is 0 Å². The number of pyridine rings is 1. The van der Waals surface area contributed by atoms with Crippen molar-refractivity contribution in [2.24, 2.45) is 5.92 Å². The number of amides is 1. The lowest BCUT2D eigenvalue weighted by atomic mass is 9.92. The van der Waals surface area contributed by atoms with E-state index in [1.54, 1.807) is 36.8 Å². The molecule has 0 radical (unpaired) electrons. The first-order chi connectivity index (χ1) is 23.3. The lowest BCUT2D eigenvalue weighted by molar-refractivity contribution is -0.126. The van der Waals surface area contributed by atoms with Gasteiger partial charge in [-0.15, -0.1) is 11.8 Å². The highest BCUT2D eigenvalue weighted by Gasteiger charge is 2.47. The fraction of sp³-hybridized carbons (Fsp3) is 0.314. The van der Waals surface area contributed by atoms with Crippen LogP contribution >= 0.6 is 23.4 Å². The molecule has 2 saturated heterocycles. The van der Waals surface area contributed by atoms with Crippen LogP contribution in [-0.2, 0) is 9.59 Å². The summed E-state index contributed by atoms with van der Waals surface area (Å²) < 4.78 is 12.7. The minimum atomic E-state index is -0.799. The molecule has 2 aliphatic heterocycles. The van der Waals surface area contributed by atoms with Crippen molar-refractivity contribution >= 4 is 57.5 Å². The van der Waals surface area contributed by atoms with Gasteiger partial charge >= 0.3 is 0 Å². The third-order valence-corrected chi connectivity index (χ3v) is 11.1. The van der Waals surface area contributed by atoms with Crippen LogP contribution < -0.4 is 10.2 Å². The average molecular weight is 685 g/mol. The monoisotopic (exact) mass is 684 g/mol. The zero-order chi connectivity index (χ0) is 33.3. The largest absolute Gasteiger partial charge is 0.357 e. The Hall–Kier alpha value is -4.39. The second kappa shape index (κ2) is 13.6. The molecule has 48 heavy (non-hydrogen) atoms. The van der Waals surface area contributed by atoms with E-state index in [-0.39, 0.29) is 23.4 Å². The van der Waals surface area contributed by atoms with Gasteiger partial charge in [-0.3, -0.25) is 19.6 Å². The fourth-order valence-corrected chi connectivity index (χ4v) is 7.71. The van der Waals surface area contributed by atoms with E-state index in [1.165, 1.54) is 23.9 Å². The van der Waals surface area contributed by atoms with E-state index in [1.807, 2.05) is 41.5 Å². The molecule has 2 atom stereocenters. The minimum Gasteiger partial charge on any atom is -0.357 e. The van der Waals surface area contributed by atoms with E-state index in [9.17, 15) is 14.0 Å². The Morgan fingerprint density at radius 1 is 1.02 bits per heavy atom. The molecule has 246 valence electrons. The first-order valence-corrected chi connectivity index (χ1v) is 17.5. The summed E-state index contributed by atoms with van der Waals surface area (Å²) in [4.78, 5) is 44.7. The molecule has 5 heterocycles. The number of piperidine rings is 1. The number of carbonyl (C=O) groups excluding carboxylic acids is 2. The number of halogens is 2. The smallest absolute Gasteiger partial charge is 0.241 e. The first kappa shape index (κ1) is 32.2. The number of hydrogen-bond donors (Lipinski definition) is 2. The Labute approximate surface area is 286 Å². The van der Waals surface area contributed by atoms with Crippen LogP contribution in [0.25, 0.3) is 33.5 Å². The summed E-state index contributed by atoms with van der Waals surface area (Å²) >= 11 is 8.33. The van der Waals surface area contributed by atoms with Crippen molar-refractivity contribution in [3.63, 3.8) is 0 Å². The molecular formula is C35H34ClFN8O2S. The van der Waals surface area contributed by atoms with Crippen LogP contribution in [0.3, 0.4) is 0 Å². The number of fused-ring (bicyclic) bond motifs is 1. The first-order valence-electron chi connectivity index (χ1n) is 15.8. The third-order valence-electron chi connectivity index (χ3n) is 9.35. The number of thioether (sulfide) groups is 1. The number of nitrogens with one attached hydrogen (secondary N) is 2. The number of benzene rings is 2. The molecule has 2 N–H and O–H groups in total. The normalized spacial score (nSPS) is 19.4. The molecule has 0 saturated carbocycles. The molecule has 10 nitrogen and oxygen atoms in total. The summed E-state index contributed by atoms with van der Waals surface area (Å²) in [5.74, 6) is 0.892. The standard InChI is InChI=1S/C35H34ClFN8O2S/c1-48-35(34(47)41-26-8-9-28-27(19-26)30(43-42-28)22-3-6-25(37)7-4-22)13-18-45(21-35)32(36)31(46)23-11-16-44(17-12-23)29-10-5-24(20-40-29)33-38-14-2-15-39-33/h2-10,14-15,19-20,23,32H,11-13,16-18,21H2,1H3,(H,41,47)(H,42,43)/t32?,35-/m0/s1. The quantitative estimate of drug-likeness (QED) is 0.142. The molecule has 2 fully saturated rings. The average Bonchev–Trinajstić information content (AvgIpc) is 3.78. The molecule has 2 aromatic carbocycles. The summed E-state index contributed by atoms with van der Waals surface area (Å²) in [6, 6.07) is 17.4. The van der Waals surface area contributed by atoms with Crippen molar-refractivity contribution in [3.8, 4) is 22.6 Å². The lowest BCUT2D eigenvalue weighted by Crippen LogP contribution is -2.47. The van der Waals surface area contributed by atoms with Crippen molar-refractivity contribution in [1.29, 1.82) is 0 Å². The van der Waals surface area contributed by atoms with E-state index in [0.29, 0.717) is 62.6 Å². The number of likely N-dealkylation sites (tertiary alicyclic amines) is 1. The molecule has 2 aliphatic rings. The number of nitrogens with zero attached hydrogens (tertiary/aromatic N) is 6. The second-order valence-corrected chi connectivity index (χ2v) is 13.8. The van der Waals surface area contributed by atoms with E-state index in [0.717, 1.165) is 27.8 Å². The van der Waals surface area contributed by atoms with Crippen LogP contribution in [0.1, 0.15) is 19.3 Å². The lowest BCUT2D eigenvalue weighted by Gasteiger charge is -2.34. The SMILES string of the molecule is CS[C@@]1(C(=O)Nc2ccc3[nH]nc(-c4ccc(F)cc4)c3c2)CCN(C(Cl)C(=O)C2CCN(c3ccc(-c4ncccn4)cn3)CC2)C1. The number of aromatic nitrogens is 5. The number of aromatic amines is 1. The third kappa shape index (κ3) is 6.39. The van der Waals surface area contributed by atoms with Crippen LogP contribution in [0.4, 0.5) is 15.9 Å². The Morgan fingerprint density at radius 2 is 1.77 bits per heavy atom. The van der Waals surface area contributed by atoms with Crippen LogP contribution in [0.2, 0.25) is 0 Å². The van der Waals surface area contributed by atoms with Gasteiger partial charge in [-0.05, 0) is 86.2 Å². The zero-order valence-electron chi connectivity index (χ0n) is 26.3. The maximum Gasteiger partial charge on any atom is 0.241 e. The van der Waals surface area contributed by atoms with Gasteiger partial charge in [0.05, 0.1) is 11.2 Å². The molecule has 1 unspecified atom stereocenters. The topological polar surface area (TPSA) is 120 Å². The molecular weight excluding hydrogens is 651 g/mol. The van der Waals surface area contributed by atoms with Crippen molar-refractivity contribution in [2.45, 2.75) is 29.5 Å². The van der Waals surface area contributed by atoms with Gasteiger partial charge in [0, 0.05) is 72.9 Å². The van der Waals surface area contributed by atoms with Crippen molar-refractivity contribution in [3.05, 3.63) is 85.1 Å². The number of carbonyl (C=O) groups is 2. The van der Waals surface area contributed by atoms with Crippen molar-refractivity contribution < 1.29 is 14.0 Å². The highest BCUT2D eigenvalue weighted by Crippen LogP contribution is 2.38. The summed E-state index contributed by atoms with van der Waals surface area (Å²) in [6.45, 7) is 2.32. The minimum absolute atomic E-state index is 0.0110. The van der Waals surface area contributed by atoms with Gasteiger partial charge in [-0.25, -0.2) is 19.3 Å². The summed E-state index contributed by atoms with van der Waals surface area (Å²) in [6.07, 6.45) is 9.05. The predicted molar refractivity (Wildman–Crippen MR) is 187 cm³/mol. The Kier molecular flexibility index (Phi) is 9.13. The molecule has 0 spiro atoms. The Balaban J connectivity index is 0.961. The van der Waals surface area contributed by atoms with Crippen molar-refractivity contribution in [2.75, 3.05) is 42.7 Å². The highest BCUT2D eigenvalue weighted by molar-refractivity contribution is 8.00. The highest BCUT2D eigenvalue weighted by atomic mass is 35.5. The van der Waals surface area contributed by atoms with Gasteiger partial charge in [0.2, 0.25) is 5.91 Å². The van der Waals surface area contributed by atoms with Crippen LogP contribution in [0, 0.1) is 11.7 Å². The number of rotatable bonds is 9. The number of hydrogen-bond acceptors (Lipinski definition) is 9. The molecule has 3 aromatic heterocycles. The Morgan fingerprint density at radius 3 is 2.48 bits per heavy atom. The molecule has 5 aromatic rings. The molecule has 1 amide bonds. The van der Waals surface area contributed by atoms with Crippen LogP contribution in [-0.4, -0.2) is 84.4 Å². The molecule has 7 rings (SSSR count). The number of anilines is 2. The van der Waals surface area contributed by atoms with Gasteiger partial charge in [-0.2, -0.15) is 5.10 Å². The van der Waals surface area contributed by atoms with Gasteiger partial charge in [0.1, 0.15) is 21.9 Å². The number of alkyl halides is 1. The maximum absolute atomic E-state index is 13.8.